The summed E-state index contributed by atoms with van der Waals surface area (Å²) >= 11 is 1.52. The van der Waals surface area contributed by atoms with Crippen LogP contribution in [0.5, 0.6) is 5.75 Å². The van der Waals surface area contributed by atoms with Crippen LogP contribution >= 0.6 is 11.3 Å². The Morgan fingerprint density at radius 2 is 2.08 bits per heavy atom. The molecule has 5 nitrogen and oxygen atoms in total. The van der Waals surface area contributed by atoms with E-state index in [1.807, 2.05) is 24.3 Å². The van der Waals surface area contributed by atoms with Crippen LogP contribution in [-0.2, 0) is 23.0 Å². The predicted molar refractivity (Wildman–Crippen MR) is 93.9 cm³/mol. The first kappa shape index (κ1) is 15.6. The number of thiazole rings is 1. The van der Waals surface area contributed by atoms with Crippen LogP contribution in [0.15, 0.2) is 47.4 Å². The fraction of sp³-hybridized carbons (Fsp3) is 0.235. The molecule has 2 aromatic carbocycles. The van der Waals surface area contributed by atoms with Crippen molar-refractivity contribution in [1.29, 1.82) is 0 Å². The van der Waals surface area contributed by atoms with E-state index in [0.29, 0.717) is 11.5 Å². The Labute approximate surface area is 144 Å². The molecule has 0 bridgehead atoms. The number of benzene rings is 2. The van der Waals surface area contributed by atoms with Gasteiger partial charge in [-0.2, -0.15) is 4.31 Å². The molecular weight excluding hydrogens is 344 g/mol. The van der Waals surface area contributed by atoms with E-state index in [4.69, 9.17) is 4.74 Å². The van der Waals surface area contributed by atoms with Crippen LogP contribution in [0.3, 0.4) is 0 Å². The van der Waals surface area contributed by atoms with Crippen molar-refractivity contribution >= 4 is 31.6 Å². The van der Waals surface area contributed by atoms with Gasteiger partial charge in [0, 0.05) is 13.5 Å². The number of para-hydroxylation sites is 1. The second-order valence-electron chi connectivity index (χ2n) is 5.70. The van der Waals surface area contributed by atoms with Crippen LogP contribution in [0.4, 0.5) is 0 Å². The molecule has 0 fully saturated rings. The van der Waals surface area contributed by atoms with Gasteiger partial charge in [0.2, 0.25) is 10.0 Å². The van der Waals surface area contributed by atoms with E-state index in [1.54, 1.807) is 25.2 Å². The maximum atomic E-state index is 12.8. The minimum Gasteiger partial charge on any atom is -0.493 e. The van der Waals surface area contributed by atoms with Crippen molar-refractivity contribution < 1.29 is 13.2 Å². The van der Waals surface area contributed by atoms with Crippen LogP contribution in [0.2, 0.25) is 0 Å². The third kappa shape index (κ3) is 2.68. The first-order chi connectivity index (χ1) is 11.5. The average molecular weight is 360 g/mol. The van der Waals surface area contributed by atoms with Gasteiger partial charge >= 0.3 is 0 Å². The molecule has 24 heavy (non-hydrogen) atoms. The second kappa shape index (κ2) is 5.84. The van der Waals surface area contributed by atoms with Gasteiger partial charge in [-0.05, 0) is 35.9 Å². The first-order valence-corrected chi connectivity index (χ1v) is 9.86. The molecule has 0 radical (unpaired) electrons. The normalized spacial score (nSPS) is 14.1. The molecule has 124 valence electrons. The first-order valence-electron chi connectivity index (χ1n) is 7.60. The zero-order valence-corrected chi connectivity index (χ0v) is 14.7. The summed E-state index contributed by atoms with van der Waals surface area (Å²) in [5, 5.41) is 0.784. The van der Waals surface area contributed by atoms with Gasteiger partial charge in [-0.3, -0.25) is 0 Å². The van der Waals surface area contributed by atoms with Gasteiger partial charge in [-0.15, -0.1) is 11.3 Å². The van der Waals surface area contributed by atoms with Crippen LogP contribution in [-0.4, -0.2) is 31.4 Å². The van der Waals surface area contributed by atoms with Gasteiger partial charge in [0.05, 0.1) is 28.3 Å². The summed E-state index contributed by atoms with van der Waals surface area (Å²) in [5.41, 5.74) is 1.85. The number of aromatic nitrogens is 1. The van der Waals surface area contributed by atoms with Crippen molar-refractivity contribution in [1.82, 2.24) is 9.29 Å². The summed E-state index contributed by atoms with van der Waals surface area (Å²) in [7, 11) is -1.96. The molecule has 7 heteroatoms. The van der Waals surface area contributed by atoms with E-state index >= 15 is 0 Å². The van der Waals surface area contributed by atoms with Crippen LogP contribution in [0, 0.1) is 0 Å². The molecule has 3 aromatic rings. The molecule has 0 spiro atoms. The van der Waals surface area contributed by atoms with Crippen molar-refractivity contribution in [3.63, 3.8) is 0 Å². The third-order valence-electron chi connectivity index (χ3n) is 4.07. The Balaban J connectivity index is 1.61. The smallest absolute Gasteiger partial charge is 0.243 e. The minimum absolute atomic E-state index is 0.259. The van der Waals surface area contributed by atoms with Gasteiger partial charge in [-0.1, -0.05) is 12.1 Å². The van der Waals surface area contributed by atoms with Gasteiger partial charge in [0.15, 0.2) is 0 Å². The predicted octanol–water partition coefficient (Wildman–Crippen LogP) is 3.05. The molecule has 0 atom stereocenters. The highest BCUT2D eigenvalue weighted by Crippen LogP contribution is 2.29. The lowest BCUT2D eigenvalue weighted by Gasteiger charge is -2.16. The quantitative estimate of drug-likeness (QED) is 0.717. The molecule has 1 aliphatic rings. The zero-order chi connectivity index (χ0) is 16.7. The fourth-order valence-corrected chi connectivity index (χ4v) is 5.05. The number of sulfonamides is 1. The van der Waals surface area contributed by atoms with Crippen molar-refractivity contribution in [2.75, 3.05) is 13.7 Å². The maximum absolute atomic E-state index is 12.8. The molecule has 0 unspecified atom stereocenters. The number of hydrogen-bond donors (Lipinski definition) is 0. The molecule has 4 rings (SSSR count). The molecule has 2 heterocycles. The number of fused-ring (bicyclic) bond motifs is 2. The molecule has 0 aliphatic carbocycles. The van der Waals surface area contributed by atoms with Gasteiger partial charge in [0.1, 0.15) is 10.8 Å². The summed E-state index contributed by atoms with van der Waals surface area (Å²) in [6, 6.07) is 12.9. The largest absolute Gasteiger partial charge is 0.493 e. The Hall–Kier alpha value is -1.96. The lowest BCUT2D eigenvalue weighted by molar-refractivity contribution is 0.356. The van der Waals surface area contributed by atoms with Gasteiger partial charge in [-0.25, -0.2) is 13.4 Å². The standard InChI is InChI=1S/C17H16N2O3S2/c1-19(11-17-18-14-4-2-3-5-16(14)23-17)24(20,21)13-6-7-15-12(10-13)8-9-22-15/h2-7,10H,8-9,11H2,1H3. The lowest BCUT2D eigenvalue weighted by Crippen LogP contribution is -2.26. The molecule has 0 saturated carbocycles. The molecule has 0 saturated heterocycles. The van der Waals surface area contributed by atoms with E-state index in [9.17, 15) is 8.42 Å². The van der Waals surface area contributed by atoms with E-state index in [-0.39, 0.29) is 6.54 Å². The Morgan fingerprint density at radius 1 is 1.25 bits per heavy atom. The summed E-state index contributed by atoms with van der Waals surface area (Å²) in [4.78, 5) is 4.81. The van der Waals surface area contributed by atoms with E-state index < -0.39 is 10.0 Å². The highest BCUT2D eigenvalue weighted by molar-refractivity contribution is 7.89. The lowest BCUT2D eigenvalue weighted by atomic mass is 10.2. The van der Waals surface area contributed by atoms with E-state index in [0.717, 1.165) is 33.0 Å². The summed E-state index contributed by atoms with van der Waals surface area (Å²) in [6.45, 7) is 0.871. The van der Waals surface area contributed by atoms with Crippen LogP contribution < -0.4 is 4.74 Å². The second-order valence-corrected chi connectivity index (χ2v) is 8.86. The Kier molecular flexibility index (Phi) is 3.79. The number of nitrogens with zero attached hydrogens (tertiary/aromatic N) is 2. The van der Waals surface area contributed by atoms with Crippen molar-refractivity contribution in [3.8, 4) is 5.75 Å². The molecule has 1 aliphatic heterocycles. The number of rotatable bonds is 4. The zero-order valence-electron chi connectivity index (χ0n) is 13.1. The summed E-state index contributed by atoms with van der Waals surface area (Å²) < 4.78 is 33.5. The average Bonchev–Trinajstić information content (AvgIpc) is 3.19. The fourth-order valence-electron chi connectivity index (χ4n) is 2.77. The third-order valence-corrected chi connectivity index (χ3v) is 6.89. The summed E-state index contributed by atoms with van der Waals surface area (Å²) in [5.74, 6) is 0.780. The highest BCUT2D eigenvalue weighted by Gasteiger charge is 2.24. The highest BCUT2D eigenvalue weighted by atomic mass is 32.2. The van der Waals surface area contributed by atoms with Crippen molar-refractivity contribution in [2.45, 2.75) is 17.9 Å². The van der Waals surface area contributed by atoms with Crippen LogP contribution in [0.1, 0.15) is 10.6 Å². The van der Waals surface area contributed by atoms with Gasteiger partial charge < -0.3 is 4.74 Å². The van der Waals surface area contributed by atoms with E-state index in [1.165, 1.54) is 15.6 Å². The van der Waals surface area contributed by atoms with E-state index in [2.05, 4.69) is 4.98 Å². The monoisotopic (exact) mass is 360 g/mol. The molecule has 0 amide bonds. The molecule has 0 N–H and O–H groups in total. The molecule has 1 aromatic heterocycles. The number of hydrogen-bond acceptors (Lipinski definition) is 5. The van der Waals surface area contributed by atoms with Gasteiger partial charge in [0.25, 0.3) is 0 Å². The topological polar surface area (TPSA) is 59.5 Å². The summed E-state index contributed by atoms with van der Waals surface area (Å²) in [6.07, 6.45) is 0.750. The Morgan fingerprint density at radius 3 is 2.92 bits per heavy atom. The van der Waals surface area contributed by atoms with Crippen molar-refractivity contribution in [3.05, 3.63) is 53.0 Å². The number of ether oxygens (including phenoxy) is 1. The minimum atomic E-state index is -3.55. The maximum Gasteiger partial charge on any atom is 0.243 e. The SMILES string of the molecule is CN(Cc1nc2ccccc2s1)S(=O)(=O)c1ccc2c(c1)CCO2. The Bertz CT molecular complexity index is 979. The van der Waals surface area contributed by atoms with Crippen LogP contribution in [0.25, 0.3) is 10.2 Å². The van der Waals surface area contributed by atoms with Crippen molar-refractivity contribution in [2.24, 2.45) is 0 Å². The molecular formula is C17H16N2O3S2.